The van der Waals surface area contributed by atoms with Gasteiger partial charge in [-0.3, -0.25) is 9.80 Å². The summed E-state index contributed by atoms with van der Waals surface area (Å²) in [6.45, 7) is 0.202. The Labute approximate surface area is 240 Å². The maximum atomic E-state index is 13.0. The summed E-state index contributed by atoms with van der Waals surface area (Å²) in [6, 6.07) is 38.5. The van der Waals surface area contributed by atoms with Crippen LogP contribution in [0.5, 0.6) is 5.75 Å². The molecule has 4 aromatic carbocycles. The van der Waals surface area contributed by atoms with Crippen molar-refractivity contribution in [1.29, 1.82) is 0 Å². The zero-order chi connectivity index (χ0) is 27.6. The van der Waals surface area contributed by atoms with E-state index in [4.69, 9.17) is 9.84 Å². The molecule has 200 valence electrons. The third-order valence-corrected chi connectivity index (χ3v) is 7.95. The second-order valence-corrected chi connectivity index (χ2v) is 10.7. The number of thiazole rings is 1. The van der Waals surface area contributed by atoms with Gasteiger partial charge in [0, 0.05) is 6.42 Å². The molecule has 1 aliphatic rings. The summed E-state index contributed by atoms with van der Waals surface area (Å²) in [4.78, 5) is 18.1. The lowest BCUT2D eigenvalue weighted by atomic mass is 9.98. The van der Waals surface area contributed by atoms with Gasteiger partial charge < -0.3 is 4.74 Å². The van der Waals surface area contributed by atoms with E-state index in [1.807, 2.05) is 72.8 Å². The monoisotopic (exact) mass is 555 g/mol. The van der Waals surface area contributed by atoms with Crippen molar-refractivity contribution < 1.29 is 4.74 Å². The van der Waals surface area contributed by atoms with Crippen LogP contribution in [-0.4, -0.2) is 20.3 Å². The lowest BCUT2D eigenvalue weighted by Gasteiger charge is -2.24. The van der Waals surface area contributed by atoms with E-state index in [2.05, 4.69) is 63.6 Å². The first-order chi connectivity index (χ1) is 20.2. The molecule has 0 saturated heterocycles. The highest BCUT2D eigenvalue weighted by Crippen LogP contribution is 2.36. The molecule has 0 aliphatic carbocycles. The molecule has 8 heteroatoms. The van der Waals surface area contributed by atoms with Crippen molar-refractivity contribution in [3.63, 3.8) is 0 Å². The Morgan fingerprint density at radius 3 is 2.24 bits per heavy atom. The number of para-hydroxylation sites is 1. The molecule has 0 fully saturated rings. The van der Waals surface area contributed by atoms with Crippen molar-refractivity contribution >= 4 is 33.8 Å². The number of hydrogen-bond donors (Lipinski definition) is 0. The van der Waals surface area contributed by atoms with Gasteiger partial charge in [0.25, 0.3) is 5.56 Å². The second kappa shape index (κ2) is 10.8. The molecule has 41 heavy (non-hydrogen) atoms. The molecule has 0 bridgehead atoms. The minimum Gasteiger partial charge on any atom is -0.486 e. The predicted molar refractivity (Wildman–Crippen MR) is 162 cm³/mol. The Kier molecular flexibility index (Phi) is 6.58. The van der Waals surface area contributed by atoms with Crippen molar-refractivity contribution in [1.82, 2.24) is 14.6 Å². The molecule has 0 radical (unpaired) electrons. The predicted octanol–water partition coefficient (Wildman–Crippen LogP) is 5.63. The van der Waals surface area contributed by atoms with Gasteiger partial charge in [0.15, 0.2) is 5.82 Å². The molecule has 0 amide bonds. The van der Waals surface area contributed by atoms with E-state index >= 15 is 0 Å². The molecule has 7 rings (SSSR count). The van der Waals surface area contributed by atoms with Crippen LogP contribution >= 0.6 is 11.3 Å². The summed E-state index contributed by atoms with van der Waals surface area (Å²) < 4.78 is 7.65. The second-order valence-electron chi connectivity index (χ2n) is 9.72. The Balaban J connectivity index is 1.14. The largest absolute Gasteiger partial charge is 0.486 e. The van der Waals surface area contributed by atoms with Crippen molar-refractivity contribution in [2.24, 2.45) is 5.10 Å². The van der Waals surface area contributed by atoms with Gasteiger partial charge in [0.2, 0.25) is 4.96 Å². The number of benzene rings is 4. The summed E-state index contributed by atoms with van der Waals surface area (Å²) in [5.41, 5.74) is 5.15. The third-order valence-electron chi connectivity index (χ3n) is 6.99. The fourth-order valence-corrected chi connectivity index (χ4v) is 5.89. The lowest BCUT2D eigenvalue weighted by Crippen LogP contribution is -2.24. The molecule has 2 aromatic heterocycles. The Morgan fingerprint density at radius 2 is 1.54 bits per heavy atom. The van der Waals surface area contributed by atoms with Gasteiger partial charge in [-0.1, -0.05) is 102 Å². The van der Waals surface area contributed by atoms with Crippen molar-refractivity contribution in [3.8, 4) is 5.75 Å². The maximum absolute atomic E-state index is 13.0. The number of hydrogen-bond acceptors (Lipinski definition) is 7. The van der Waals surface area contributed by atoms with Crippen LogP contribution in [0.4, 0.5) is 5.69 Å². The van der Waals surface area contributed by atoms with Crippen LogP contribution < -0.4 is 19.8 Å². The highest BCUT2D eigenvalue weighted by molar-refractivity contribution is 7.15. The number of hydrazone groups is 1. The normalized spacial score (nSPS) is 15.4. The zero-order valence-corrected chi connectivity index (χ0v) is 22.8. The molecule has 1 unspecified atom stereocenters. The molecule has 0 N–H and O–H groups in total. The molecule has 0 spiro atoms. The van der Waals surface area contributed by atoms with E-state index in [-0.39, 0.29) is 18.2 Å². The Morgan fingerprint density at radius 1 is 0.854 bits per heavy atom. The van der Waals surface area contributed by atoms with E-state index in [0.717, 1.165) is 34.7 Å². The Hall–Kier alpha value is -5.08. The fourth-order valence-electron chi connectivity index (χ4n) is 4.96. The number of ether oxygens (including phenoxy) is 1. The third kappa shape index (κ3) is 5.13. The fraction of sp³-hybridized carbons (Fsp3) is 0.0909. The van der Waals surface area contributed by atoms with Crippen LogP contribution in [0.3, 0.4) is 0 Å². The first-order valence-corrected chi connectivity index (χ1v) is 14.2. The topological polar surface area (TPSA) is 72.1 Å². The van der Waals surface area contributed by atoms with Crippen molar-refractivity contribution in [3.05, 3.63) is 153 Å². The molecule has 0 saturated carbocycles. The van der Waals surface area contributed by atoms with E-state index in [1.54, 1.807) is 0 Å². The minimum atomic E-state index is -0.187. The highest BCUT2D eigenvalue weighted by Gasteiger charge is 2.29. The average molecular weight is 556 g/mol. The molecule has 1 aliphatic heterocycles. The summed E-state index contributed by atoms with van der Waals surface area (Å²) in [5.74, 6) is 1.21. The van der Waals surface area contributed by atoms with Crippen LogP contribution in [0.2, 0.25) is 0 Å². The van der Waals surface area contributed by atoms with Gasteiger partial charge >= 0.3 is 0 Å². The Bertz CT molecular complexity index is 1940. The number of nitrogens with zero attached hydrogens (tertiary/aromatic N) is 5. The first kappa shape index (κ1) is 24.9. The van der Waals surface area contributed by atoms with Gasteiger partial charge in [0.1, 0.15) is 12.4 Å². The molecular weight excluding hydrogens is 530 g/mol. The standard InChI is InChI=1S/C33H25N5O2S/c39-32-30(41-33-34-31(36-38(32)33)22-40-27-14-8-3-9-15-27)20-23-16-18-26(19-17-23)37-29(25-12-6-2-7-13-25)21-28(35-37)24-10-4-1-5-11-24/h1-20,29H,21-22H2. The van der Waals surface area contributed by atoms with Gasteiger partial charge in [0.05, 0.1) is 22.0 Å². The van der Waals surface area contributed by atoms with E-state index in [9.17, 15) is 4.79 Å². The molecule has 7 nitrogen and oxygen atoms in total. The van der Waals surface area contributed by atoms with Crippen LogP contribution in [0.15, 0.2) is 125 Å². The number of aromatic nitrogens is 3. The summed E-state index contributed by atoms with van der Waals surface area (Å²) >= 11 is 1.32. The quantitative estimate of drug-likeness (QED) is 0.255. The lowest BCUT2D eigenvalue weighted by molar-refractivity contribution is 0.296. The van der Waals surface area contributed by atoms with Crippen LogP contribution in [0, 0.1) is 0 Å². The summed E-state index contributed by atoms with van der Waals surface area (Å²) in [6.07, 6.45) is 2.70. The summed E-state index contributed by atoms with van der Waals surface area (Å²) in [7, 11) is 0. The van der Waals surface area contributed by atoms with Gasteiger partial charge in [-0.15, -0.1) is 5.10 Å². The van der Waals surface area contributed by atoms with Gasteiger partial charge in [-0.2, -0.15) is 14.6 Å². The highest BCUT2D eigenvalue weighted by atomic mass is 32.1. The molecular formula is C33H25N5O2S. The molecule has 3 heterocycles. The molecule has 1 atom stereocenters. The number of fused-ring (bicyclic) bond motifs is 1. The number of anilines is 1. The first-order valence-electron chi connectivity index (χ1n) is 13.4. The van der Waals surface area contributed by atoms with Crippen LogP contribution in [0.25, 0.3) is 11.0 Å². The molecule has 6 aromatic rings. The smallest absolute Gasteiger partial charge is 0.291 e. The average Bonchev–Trinajstić information content (AvgIpc) is 3.73. The van der Waals surface area contributed by atoms with Gasteiger partial charge in [-0.25, -0.2) is 0 Å². The van der Waals surface area contributed by atoms with Crippen molar-refractivity contribution in [2.45, 2.75) is 19.1 Å². The maximum Gasteiger partial charge on any atom is 0.291 e. The van der Waals surface area contributed by atoms with Crippen molar-refractivity contribution in [2.75, 3.05) is 5.01 Å². The zero-order valence-electron chi connectivity index (χ0n) is 22.0. The van der Waals surface area contributed by atoms with Crippen LogP contribution in [0.1, 0.15) is 35.0 Å². The van der Waals surface area contributed by atoms with Crippen LogP contribution in [-0.2, 0) is 6.61 Å². The van der Waals surface area contributed by atoms with E-state index in [1.165, 1.54) is 21.4 Å². The number of rotatable bonds is 7. The van der Waals surface area contributed by atoms with Gasteiger partial charge in [-0.05, 0) is 47.0 Å². The SMILES string of the molecule is O=c1c(=Cc2ccc(N3N=C(c4ccccc4)CC3c3ccccc3)cc2)sc2nc(COc3ccccc3)nn12. The minimum absolute atomic E-state index is 0.102. The summed E-state index contributed by atoms with van der Waals surface area (Å²) in [5, 5.41) is 11.5. The van der Waals surface area contributed by atoms with E-state index in [0.29, 0.717) is 15.3 Å². The van der Waals surface area contributed by atoms with E-state index < -0.39 is 0 Å².